The smallest absolute Gasteiger partial charge is 0.337 e. The standard InChI is InChI=1S/C19H20O8/c1-24-10-13-8-15(20)17(22)18(27-13)14(9-16(21)25-2)11-4-6-12(7-5-11)19(23)26-3/h4-8,14,22H,9-10H2,1-3H3. The molecule has 2 aromatic rings. The Bertz CT molecular complexity index is 866. The summed E-state index contributed by atoms with van der Waals surface area (Å²) >= 11 is 0. The van der Waals surface area contributed by atoms with Crippen molar-refractivity contribution in [1.29, 1.82) is 0 Å². The van der Waals surface area contributed by atoms with Crippen molar-refractivity contribution in [1.82, 2.24) is 0 Å². The first-order valence-electron chi connectivity index (χ1n) is 8.01. The van der Waals surface area contributed by atoms with Gasteiger partial charge in [0, 0.05) is 13.2 Å². The molecule has 0 amide bonds. The second kappa shape index (κ2) is 9.00. The van der Waals surface area contributed by atoms with Crippen LogP contribution >= 0.6 is 0 Å². The van der Waals surface area contributed by atoms with Gasteiger partial charge < -0.3 is 23.7 Å². The number of hydrogen-bond acceptors (Lipinski definition) is 8. The van der Waals surface area contributed by atoms with Crippen LogP contribution < -0.4 is 5.43 Å². The van der Waals surface area contributed by atoms with Crippen LogP contribution in [0.2, 0.25) is 0 Å². The van der Waals surface area contributed by atoms with Crippen molar-refractivity contribution in [3.05, 3.63) is 63.2 Å². The van der Waals surface area contributed by atoms with E-state index in [0.717, 1.165) is 6.07 Å². The summed E-state index contributed by atoms with van der Waals surface area (Å²) in [6, 6.07) is 7.32. The van der Waals surface area contributed by atoms with Gasteiger partial charge in [0.15, 0.2) is 5.76 Å². The molecule has 1 atom stereocenters. The summed E-state index contributed by atoms with van der Waals surface area (Å²) in [4.78, 5) is 35.5. The van der Waals surface area contributed by atoms with Gasteiger partial charge in [0.25, 0.3) is 0 Å². The zero-order valence-corrected chi connectivity index (χ0v) is 15.2. The number of carbonyl (C=O) groups excluding carboxylic acids is 2. The molecular formula is C19H20O8. The van der Waals surface area contributed by atoms with Crippen molar-refractivity contribution in [3.63, 3.8) is 0 Å². The molecule has 1 unspecified atom stereocenters. The summed E-state index contributed by atoms with van der Waals surface area (Å²) in [5.74, 6) is -2.34. The van der Waals surface area contributed by atoms with Crippen molar-refractivity contribution in [3.8, 4) is 5.75 Å². The maximum absolute atomic E-state index is 12.1. The van der Waals surface area contributed by atoms with Crippen LogP contribution in [0.1, 0.15) is 39.8 Å². The Hall–Kier alpha value is -3.13. The average Bonchev–Trinajstić information content (AvgIpc) is 2.68. The zero-order valence-electron chi connectivity index (χ0n) is 15.2. The Morgan fingerprint density at radius 2 is 1.78 bits per heavy atom. The lowest BCUT2D eigenvalue weighted by molar-refractivity contribution is -0.140. The molecule has 2 rings (SSSR count). The summed E-state index contributed by atoms with van der Waals surface area (Å²) in [6.07, 6.45) is -0.180. The second-order valence-corrected chi connectivity index (χ2v) is 5.67. The molecule has 0 saturated carbocycles. The fourth-order valence-corrected chi connectivity index (χ4v) is 2.59. The first-order chi connectivity index (χ1) is 12.9. The molecule has 0 radical (unpaired) electrons. The first kappa shape index (κ1) is 20.2. The molecule has 0 bridgehead atoms. The Kier molecular flexibility index (Phi) is 6.73. The molecule has 0 aliphatic heterocycles. The Labute approximate surface area is 155 Å². The normalized spacial score (nSPS) is 11.7. The van der Waals surface area contributed by atoms with Gasteiger partial charge in [-0.05, 0) is 17.7 Å². The van der Waals surface area contributed by atoms with Gasteiger partial charge in [-0.3, -0.25) is 9.59 Å². The Balaban J connectivity index is 2.54. The van der Waals surface area contributed by atoms with E-state index in [1.54, 1.807) is 12.1 Å². The molecule has 8 heteroatoms. The summed E-state index contributed by atoms with van der Waals surface area (Å²) in [6.45, 7) is 0.0226. The molecule has 0 fully saturated rings. The van der Waals surface area contributed by atoms with Crippen LogP contribution in [0.5, 0.6) is 5.75 Å². The van der Waals surface area contributed by atoms with E-state index in [9.17, 15) is 19.5 Å². The maximum atomic E-state index is 12.1. The summed E-state index contributed by atoms with van der Waals surface area (Å²) in [7, 11) is 3.94. The summed E-state index contributed by atoms with van der Waals surface area (Å²) in [5.41, 5.74) is 0.210. The topological polar surface area (TPSA) is 112 Å². The van der Waals surface area contributed by atoms with Gasteiger partial charge in [-0.15, -0.1) is 0 Å². The molecule has 0 spiro atoms. The molecule has 144 valence electrons. The van der Waals surface area contributed by atoms with E-state index in [2.05, 4.69) is 4.74 Å². The van der Waals surface area contributed by atoms with Crippen LogP contribution in [0.4, 0.5) is 0 Å². The van der Waals surface area contributed by atoms with Crippen LogP contribution in [0.15, 0.2) is 39.5 Å². The molecule has 0 aliphatic rings. The molecule has 1 N–H and O–H groups in total. The molecular weight excluding hydrogens is 356 g/mol. The highest BCUT2D eigenvalue weighted by atomic mass is 16.5. The lowest BCUT2D eigenvalue weighted by Gasteiger charge is -2.17. The van der Waals surface area contributed by atoms with E-state index in [-0.39, 0.29) is 24.5 Å². The largest absolute Gasteiger partial charge is 0.502 e. The highest BCUT2D eigenvalue weighted by molar-refractivity contribution is 5.89. The maximum Gasteiger partial charge on any atom is 0.337 e. The van der Waals surface area contributed by atoms with Crippen LogP contribution in [-0.4, -0.2) is 38.4 Å². The molecule has 1 aromatic carbocycles. The van der Waals surface area contributed by atoms with Crippen LogP contribution in [0, 0.1) is 0 Å². The molecule has 27 heavy (non-hydrogen) atoms. The summed E-state index contributed by atoms with van der Waals surface area (Å²) in [5, 5.41) is 10.2. The predicted octanol–water partition coefficient (Wildman–Crippen LogP) is 1.97. The Morgan fingerprint density at radius 3 is 2.33 bits per heavy atom. The number of rotatable bonds is 7. The fourth-order valence-electron chi connectivity index (χ4n) is 2.59. The van der Waals surface area contributed by atoms with Crippen molar-refractivity contribution >= 4 is 11.9 Å². The van der Waals surface area contributed by atoms with E-state index >= 15 is 0 Å². The zero-order chi connectivity index (χ0) is 20.0. The van der Waals surface area contributed by atoms with Gasteiger partial charge in [-0.1, -0.05) is 12.1 Å². The van der Waals surface area contributed by atoms with Gasteiger partial charge in [0.05, 0.1) is 32.1 Å². The first-order valence-corrected chi connectivity index (χ1v) is 8.01. The minimum atomic E-state index is -0.798. The van der Waals surface area contributed by atoms with Crippen LogP contribution in [-0.2, 0) is 25.6 Å². The van der Waals surface area contributed by atoms with Crippen LogP contribution in [0.3, 0.4) is 0 Å². The SMILES string of the molecule is COCc1cc(=O)c(O)c(C(CC(=O)OC)c2ccc(C(=O)OC)cc2)o1. The van der Waals surface area contributed by atoms with Gasteiger partial charge in [-0.25, -0.2) is 4.79 Å². The minimum Gasteiger partial charge on any atom is -0.502 e. The van der Waals surface area contributed by atoms with E-state index in [4.69, 9.17) is 13.9 Å². The highest BCUT2D eigenvalue weighted by Crippen LogP contribution is 2.33. The number of benzene rings is 1. The third-order valence-electron chi connectivity index (χ3n) is 3.94. The van der Waals surface area contributed by atoms with E-state index < -0.39 is 29.0 Å². The van der Waals surface area contributed by atoms with E-state index in [0.29, 0.717) is 11.1 Å². The number of ether oxygens (including phenoxy) is 3. The number of esters is 2. The lowest BCUT2D eigenvalue weighted by Crippen LogP contribution is -2.14. The molecule has 0 saturated heterocycles. The number of carbonyl (C=O) groups is 2. The fraction of sp³-hybridized carbons (Fsp3) is 0.316. The van der Waals surface area contributed by atoms with Crippen molar-refractivity contribution in [2.75, 3.05) is 21.3 Å². The highest BCUT2D eigenvalue weighted by Gasteiger charge is 2.26. The summed E-state index contributed by atoms with van der Waals surface area (Å²) < 4.78 is 19.9. The van der Waals surface area contributed by atoms with Gasteiger partial charge in [0.1, 0.15) is 12.4 Å². The quantitative estimate of drug-likeness (QED) is 0.730. The average molecular weight is 376 g/mol. The number of methoxy groups -OCH3 is 3. The third-order valence-corrected chi connectivity index (χ3v) is 3.94. The van der Waals surface area contributed by atoms with Gasteiger partial charge in [-0.2, -0.15) is 0 Å². The predicted molar refractivity (Wildman–Crippen MR) is 93.6 cm³/mol. The van der Waals surface area contributed by atoms with Crippen molar-refractivity contribution in [2.24, 2.45) is 0 Å². The monoisotopic (exact) mass is 376 g/mol. The Morgan fingerprint density at radius 1 is 1.11 bits per heavy atom. The molecule has 1 aromatic heterocycles. The van der Waals surface area contributed by atoms with Gasteiger partial charge >= 0.3 is 11.9 Å². The number of aromatic hydroxyl groups is 1. The van der Waals surface area contributed by atoms with Crippen LogP contribution in [0.25, 0.3) is 0 Å². The lowest BCUT2D eigenvalue weighted by atomic mass is 9.91. The molecule has 1 heterocycles. The van der Waals surface area contributed by atoms with Crippen molar-refractivity contribution < 1.29 is 33.3 Å². The van der Waals surface area contributed by atoms with E-state index in [1.165, 1.54) is 33.5 Å². The van der Waals surface area contributed by atoms with Crippen molar-refractivity contribution in [2.45, 2.75) is 18.9 Å². The van der Waals surface area contributed by atoms with E-state index in [1.807, 2.05) is 0 Å². The molecule has 0 aliphatic carbocycles. The van der Waals surface area contributed by atoms with Gasteiger partial charge in [0.2, 0.25) is 11.2 Å². The third kappa shape index (κ3) is 4.73. The second-order valence-electron chi connectivity index (χ2n) is 5.67. The minimum absolute atomic E-state index is 0.0226. The molecule has 8 nitrogen and oxygen atoms in total. The number of hydrogen-bond donors (Lipinski definition) is 1.